The lowest BCUT2D eigenvalue weighted by Crippen LogP contribution is -2.08. The van der Waals surface area contributed by atoms with E-state index in [1.54, 1.807) is 26.0 Å². The van der Waals surface area contributed by atoms with Gasteiger partial charge in [0.1, 0.15) is 6.10 Å². The van der Waals surface area contributed by atoms with Crippen LogP contribution in [0.3, 0.4) is 0 Å². The van der Waals surface area contributed by atoms with Gasteiger partial charge >= 0.3 is 0 Å². The second-order valence-electron chi connectivity index (χ2n) is 4.47. The summed E-state index contributed by atoms with van der Waals surface area (Å²) in [6, 6.07) is 7.21. The molecule has 2 rings (SSSR count). The molecule has 0 aliphatic carbocycles. The first-order valence-electron chi connectivity index (χ1n) is 5.81. The molecular weight excluding hydrogens is 253 g/mol. The minimum absolute atomic E-state index is 0.267. The van der Waals surface area contributed by atoms with Crippen molar-refractivity contribution in [2.24, 2.45) is 0 Å². The van der Waals surface area contributed by atoms with Gasteiger partial charge in [0.05, 0.1) is 0 Å². The summed E-state index contributed by atoms with van der Waals surface area (Å²) in [4.78, 5) is 0. The fraction of sp³-hybridized carbons (Fsp3) is 0.200. The number of hydrogen-bond donors (Lipinski definition) is 1. The molecule has 0 radical (unpaired) electrons. The molecule has 0 aliphatic rings. The van der Waals surface area contributed by atoms with Crippen molar-refractivity contribution in [3.8, 4) is 0 Å². The minimum atomic E-state index is -1.57. The Kier molecular flexibility index (Phi) is 3.62. The van der Waals surface area contributed by atoms with Crippen molar-refractivity contribution >= 4 is 0 Å². The summed E-state index contributed by atoms with van der Waals surface area (Å²) in [5.41, 5.74) is 1.76. The van der Waals surface area contributed by atoms with Gasteiger partial charge in [0.25, 0.3) is 0 Å². The molecule has 0 amide bonds. The van der Waals surface area contributed by atoms with Crippen LogP contribution in [0.5, 0.6) is 0 Å². The van der Waals surface area contributed by atoms with Crippen LogP contribution >= 0.6 is 0 Å². The van der Waals surface area contributed by atoms with Gasteiger partial charge in [-0.05, 0) is 36.6 Å². The van der Waals surface area contributed by atoms with Crippen molar-refractivity contribution < 1.29 is 18.3 Å². The largest absolute Gasteiger partial charge is 0.384 e. The topological polar surface area (TPSA) is 20.2 Å². The fourth-order valence-corrected chi connectivity index (χ4v) is 2.17. The highest BCUT2D eigenvalue weighted by atomic mass is 19.2. The van der Waals surface area contributed by atoms with Gasteiger partial charge in [-0.1, -0.05) is 24.3 Å². The molecule has 0 aromatic heterocycles. The monoisotopic (exact) mass is 266 g/mol. The molecule has 0 saturated heterocycles. The predicted molar refractivity (Wildman–Crippen MR) is 66.3 cm³/mol. The van der Waals surface area contributed by atoms with Gasteiger partial charge in [-0.3, -0.25) is 0 Å². The van der Waals surface area contributed by atoms with Crippen molar-refractivity contribution in [1.29, 1.82) is 0 Å². The number of aliphatic hydroxyl groups is 1. The summed E-state index contributed by atoms with van der Waals surface area (Å²) < 4.78 is 39.8. The molecular formula is C15H13F3O. The first-order valence-corrected chi connectivity index (χ1v) is 5.81. The third kappa shape index (κ3) is 2.36. The van der Waals surface area contributed by atoms with Crippen molar-refractivity contribution in [3.05, 3.63) is 70.0 Å². The maximum Gasteiger partial charge on any atom is 0.194 e. The molecule has 0 spiro atoms. The Labute approximate surface area is 109 Å². The lowest BCUT2D eigenvalue weighted by Gasteiger charge is -2.17. The molecule has 0 aliphatic heterocycles. The first kappa shape index (κ1) is 13.6. The molecule has 0 bridgehead atoms. The van der Waals surface area contributed by atoms with Crippen LogP contribution in [0.15, 0.2) is 30.3 Å². The van der Waals surface area contributed by atoms with E-state index in [1.165, 1.54) is 0 Å². The number of benzene rings is 2. The number of aliphatic hydroxyl groups excluding tert-OH is 1. The van der Waals surface area contributed by atoms with E-state index in [9.17, 15) is 18.3 Å². The smallest absolute Gasteiger partial charge is 0.194 e. The highest BCUT2D eigenvalue weighted by molar-refractivity contribution is 5.41. The highest BCUT2D eigenvalue weighted by Crippen LogP contribution is 2.30. The summed E-state index contributed by atoms with van der Waals surface area (Å²) in [7, 11) is 0. The molecule has 0 fully saturated rings. The van der Waals surface area contributed by atoms with Crippen LogP contribution in [0.25, 0.3) is 0 Å². The van der Waals surface area contributed by atoms with Gasteiger partial charge in [-0.15, -0.1) is 0 Å². The Morgan fingerprint density at radius 2 is 1.47 bits per heavy atom. The first-order chi connectivity index (χ1) is 8.93. The number of aryl methyl sites for hydroxylation is 2. The van der Waals surface area contributed by atoms with Crippen LogP contribution in [-0.2, 0) is 0 Å². The molecule has 2 aromatic carbocycles. The molecule has 0 saturated carbocycles. The van der Waals surface area contributed by atoms with Crippen LogP contribution in [0.4, 0.5) is 13.2 Å². The number of hydrogen-bond acceptors (Lipinski definition) is 1. The zero-order chi connectivity index (χ0) is 14.2. The summed E-state index contributed by atoms with van der Waals surface area (Å²) >= 11 is 0. The summed E-state index contributed by atoms with van der Waals surface area (Å²) in [6.07, 6.45) is -1.32. The van der Waals surface area contributed by atoms with Gasteiger partial charge in [0.15, 0.2) is 17.5 Å². The number of halogens is 3. The number of rotatable bonds is 2. The Morgan fingerprint density at radius 3 is 2.05 bits per heavy atom. The summed E-state index contributed by atoms with van der Waals surface area (Å²) in [5, 5.41) is 10.2. The fourth-order valence-electron chi connectivity index (χ4n) is 2.17. The third-order valence-corrected chi connectivity index (χ3v) is 3.18. The van der Waals surface area contributed by atoms with Gasteiger partial charge in [-0.25, -0.2) is 13.2 Å². The van der Waals surface area contributed by atoms with Crippen LogP contribution < -0.4 is 0 Å². The quantitative estimate of drug-likeness (QED) is 0.820. The Bertz CT molecular complexity index is 603. The molecule has 1 N–H and O–H groups in total. The lowest BCUT2D eigenvalue weighted by molar-refractivity contribution is 0.211. The van der Waals surface area contributed by atoms with E-state index in [-0.39, 0.29) is 5.56 Å². The zero-order valence-electron chi connectivity index (χ0n) is 10.5. The Balaban J connectivity index is 2.57. The molecule has 4 heteroatoms. The van der Waals surface area contributed by atoms with Crippen LogP contribution in [0, 0.1) is 31.3 Å². The second-order valence-corrected chi connectivity index (χ2v) is 4.47. The lowest BCUT2D eigenvalue weighted by atomic mass is 9.93. The third-order valence-electron chi connectivity index (χ3n) is 3.18. The van der Waals surface area contributed by atoms with E-state index in [1.807, 2.05) is 6.07 Å². The molecule has 1 atom stereocenters. The van der Waals surface area contributed by atoms with Crippen LogP contribution in [0.1, 0.15) is 28.4 Å². The SMILES string of the molecule is Cc1cccc(C)c1C(O)c1ccc(F)c(F)c1F. The average molecular weight is 266 g/mol. The molecule has 1 unspecified atom stereocenters. The van der Waals surface area contributed by atoms with Crippen LogP contribution in [-0.4, -0.2) is 5.11 Å². The predicted octanol–water partition coefficient (Wildman–Crippen LogP) is 3.80. The van der Waals surface area contributed by atoms with E-state index in [0.717, 1.165) is 23.3 Å². The maximum absolute atomic E-state index is 13.7. The normalized spacial score (nSPS) is 12.5. The zero-order valence-corrected chi connectivity index (χ0v) is 10.5. The minimum Gasteiger partial charge on any atom is -0.384 e. The Morgan fingerprint density at radius 1 is 0.895 bits per heavy atom. The van der Waals surface area contributed by atoms with E-state index in [4.69, 9.17) is 0 Å². The maximum atomic E-state index is 13.7. The van der Waals surface area contributed by atoms with Crippen LogP contribution in [0.2, 0.25) is 0 Å². The van der Waals surface area contributed by atoms with E-state index >= 15 is 0 Å². The van der Waals surface area contributed by atoms with Crippen molar-refractivity contribution in [2.45, 2.75) is 20.0 Å². The summed E-state index contributed by atoms with van der Waals surface area (Å²) in [6.45, 7) is 3.53. The molecule has 2 aromatic rings. The Hall–Kier alpha value is -1.81. The van der Waals surface area contributed by atoms with Crippen molar-refractivity contribution in [2.75, 3.05) is 0 Å². The molecule has 19 heavy (non-hydrogen) atoms. The standard InChI is InChI=1S/C15H13F3O/c1-8-4-3-5-9(2)12(8)15(19)10-6-7-11(16)14(18)13(10)17/h3-7,15,19H,1-2H3. The van der Waals surface area contributed by atoms with E-state index < -0.39 is 23.6 Å². The van der Waals surface area contributed by atoms with Crippen molar-refractivity contribution in [3.63, 3.8) is 0 Å². The molecule has 0 heterocycles. The molecule has 100 valence electrons. The van der Waals surface area contributed by atoms with Crippen molar-refractivity contribution in [1.82, 2.24) is 0 Å². The van der Waals surface area contributed by atoms with E-state index in [2.05, 4.69) is 0 Å². The van der Waals surface area contributed by atoms with Gasteiger partial charge in [0.2, 0.25) is 0 Å². The van der Waals surface area contributed by atoms with Gasteiger partial charge in [-0.2, -0.15) is 0 Å². The van der Waals surface area contributed by atoms with Gasteiger partial charge in [0, 0.05) is 5.56 Å². The average Bonchev–Trinajstić information content (AvgIpc) is 2.35. The highest BCUT2D eigenvalue weighted by Gasteiger charge is 2.22. The second kappa shape index (κ2) is 5.05. The molecule has 1 nitrogen and oxygen atoms in total. The van der Waals surface area contributed by atoms with E-state index in [0.29, 0.717) is 5.56 Å². The summed E-state index contributed by atoms with van der Waals surface area (Å²) in [5.74, 6) is -4.19. The van der Waals surface area contributed by atoms with Gasteiger partial charge < -0.3 is 5.11 Å².